The molecule has 5 rings (SSSR count). The van der Waals surface area contributed by atoms with E-state index in [4.69, 9.17) is 0 Å². The first-order valence-electron chi connectivity index (χ1n) is 10.1. The summed E-state index contributed by atoms with van der Waals surface area (Å²) in [4.78, 5) is 29.4. The molecule has 0 spiro atoms. The number of thiophene rings is 1. The van der Waals surface area contributed by atoms with Crippen molar-refractivity contribution in [2.75, 3.05) is 39.3 Å². The molecule has 31 heavy (non-hydrogen) atoms. The number of carbonyl (C=O) groups is 2. The van der Waals surface area contributed by atoms with Gasteiger partial charge in [-0.15, -0.1) is 11.3 Å². The standard InChI is InChI=1S/C22H21N3O4S2/c26-21-17-6-1-4-16-5-2-7-18(20(16)17)22(27)25(21)14-11-23-9-12-24(13-10-23)31(28,29)19-8-3-15-30-19/h1-8,15H,9-14H2. The van der Waals surface area contributed by atoms with Crippen LogP contribution in [0.4, 0.5) is 0 Å². The van der Waals surface area contributed by atoms with Gasteiger partial charge in [-0.3, -0.25) is 19.4 Å². The van der Waals surface area contributed by atoms with Gasteiger partial charge < -0.3 is 0 Å². The average molecular weight is 456 g/mol. The maximum atomic E-state index is 13.0. The van der Waals surface area contributed by atoms with Crippen LogP contribution in [0.3, 0.4) is 0 Å². The summed E-state index contributed by atoms with van der Waals surface area (Å²) in [5.74, 6) is -0.540. The van der Waals surface area contributed by atoms with Crippen molar-refractivity contribution < 1.29 is 18.0 Å². The Kier molecular flexibility index (Phi) is 5.13. The number of imide groups is 1. The smallest absolute Gasteiger partial charge is 0.261 e. The third-order valence-electron chi connectivity index (χ3n) is 5.92. The first kappa shape index (κ1) is 20.3. The number of hydrogen-bond acceptors (Lipinski definition) is 6. The predicted molar refractivity (Wildman–Crippen MR) is 119 cm³/mol. The fourth-order valence-corrected chi connectivity index (χ4v) is 6.82. The molecule has 2 amide bonds. The Hall–Kier alpha value is -2.59. The lowest BCUT2D eigenvalue weighted by molar-refractivity contribution is 0.0584. The van der Waals surface area contributed by atoms with Gasteiger partial charge in [0.15, 0.2) is 0 Å². The Morgan fingerprint density at radius 3 is 2.03 bits per heavy atom. The molecule has 9 heteroatoms. The van der Waals surface area contributed by atoms with Crippen molar-refractivity contribution in [3.05, 3.63) is 65.0 Å². The van der Waals surface area contributed by atoms with Crippen LogP contribution in [-0.2, 0) is 10.0 Å². The molecular weight excluding hydrogens is 434 g/mol. The van der Waals surface area contributed by atoms with Crippen molar-refractivity contribution in [2.24, 2.45) is 0 Å². The lowest BCUT2D eigenvalue weighted by Crippen LogP contribution is -2.51. The Labute approximate surface area is 184 Å². The third-order valence-corrected chi connectivity index (χ3v) is 9.19. The second-order valence-corrected chi connectivity index (χ2v) is 10.8. The van der Waals surface area contributed by atoms with Gasteiger partial charge in [0.2, 0.25) is 0 Å². The van der Waals surface area contributed by atoms with Crippen LogP contribution in [0.15, 0.2) is 58.1 Å². The van der Waals surface area contributed by atoms with Gasteiger partial charge in [0.1, 0.15) is 4.21 Å². The van der Waals surface area contributed by atoms with Crippen molar-refractivity contribution in [3.63, 3.8) is 0 Å². The minimum atomic E-state index is -3.44. The molecule has 0 radical (unpaired) electrons. The molecule has 0 atom stereocenters. The number of hydrogen-bond donors (Lipinski definition) is 0. The minimum absolute atomic E-state index is 0.270. The zero-order chi connectivity index (χ0) is 21.6. The van der Waals surface area contributed by atoms with E-state index in [9.17, 15) is 18.0 Å². The largest absolute Gasteiger partial charge is 0.299 e. The summed E-state index contributed by atoms with van der Waals surface area (Å²) in [6.45, 7) is 2.71. The lowest BCUT2D eigenvalue weighted by Gasteiger charge is -2.35. The highest BCUT2D eigenvalue weighted by atomic mass is 32.2. The highest BCUT2D eigenvalue weighted by molar-refractivity contribution is 7.91. The van der Waals surface area contributed by atoms with Crippen LogP contribution in [0.2, 0.25) is 0 Å². The summed E-state index contributed by atoms with van der Waals surface area (Å²) in [7, 11) is -3.44. The minimum Gasteiger partial charge on any atom is -0.299 e. The zero-order valence-electron chi connectivity index (χ0n) is 16.7. The van der Waals surface area contributed by atoms with Gasteiger partial charge >= 0.3 is 0 Å². The Morgan fingerprint density at radius 1 is 0.806 bits per heavy atom. The van der Waals surface area contributed by atoms with Gasteiger partial charge in [-0.25, -0.2) is 8.42 Å². The highest BCUT2D eigenvalue weighted by Crippen LogP contribution is 2.30. The molecule has 3 heterocycles. The molecule has 7 nitrogen and oxygen atoms in total. The van der Waals surface area contributed by atoms with Gasteiger partial charge in [0.25, 0.3) is 21.8 Å². The molecule has 0 aliphatic carbocycles. The number of piperazine rings is 1. The molecule has 2 aromatic carbocycles. The van der Waals surface area contributed by atoms with E-state index in [1.807, 2.05) is 24.3 Å². The summed E-state index contributed by atoms with van der Waals surface area (Å²) in [6.07, 6.45) is 0. The predicted octanol–water partition coefficient (Wildman–Crippen LogP) is 2.50. The summed E-state index contributed by atoms with van der Waals surface area (Å²) in [5.41, 5.74) is 1.11. The van der Waals surface area contributed by atoms with Gasteiger partial charge in [0.05, 0.1) is 0 Å². The quantitative estimate of drug-likeness (QED) is 0.553. The highest BCUT2D eigenvalue weighted by Gasteiger charge is 2.34. The Balaban J connectivity index is 1.25. The maximum Gasteiger partial charge on any atom is 0.261 e. The fourth-order valence-electron chi connectivity index (χ4n) is 4.26. The SMILES string of the molecule is O=C1c2cccc3cccc(c23)C(=O)N1CCN1CCN(S(=O)(=O)c2cccs2)CC1. The van der Waals surface area contributed by atoms with Gasteiger partial charge in [-0.2, -0.15) is 4.31 Å². The number of benzene rings is 2. The Bertz CT molecular complexity index is 1210. The van der Waals surface area contributed by atoms with E-state index >= 15 is 0 Å². The number of nitrogens with zero attached hydrogens (tertiary/aromatic N) is 3. The van der Waals surface area contributed by atoms with E-state index in [0.29, 0.717) is 48.1 Å². The normalized spacial score (nSPS) is 18.1. The molecule has 3 aromatic rings. The van der Waals surface area contributed by atoms with Crippen molar-refractivity contribution in [1.82, 2.24) is 14.1 Å². The van der Waals surface area contributed by atoms with E-state index < -0.39 is 10.0 Å². The molecule has 0 unspecified atom stereocenters. The first-order chi connectivity index (χ1) is 15.0. The summed E-state index contributed by atoms with van der Waals surface area (Å²) in [5, 5.41) is 3.37. The molecule has 160 valence electrons. The topological polar surface area (TPSA) is 78.0 Å². The van der Waals surface area contributed by atoms with Gasteiger partial charge in [-0.05, 0) is 29.0 Å². The van der Waals surface area contributed by atoms with Crippen LogP contribution in [0.1, 0.15) is 20.7 Å². The van der Waals surface area contributed by atoms with Crippen LogP contribution in [0.25, 0.3) is 10.8 Å². The third kappa shape index (κ3) is 3.47. The number of sulfonamides is 1. The first-order valence-corrected chi connectivity index (χ1v) is 12.4. The lowest BCUT2D eigenvalue weighted by atomic mass is 9.94. The van der Waals surface area contributed by atoms with Gasteiger partial charge in [0, 0.05) is 55.8 Å². The molecule has 0 bridgehead atoms. The van der Waals surface area contributed by atoms with Crippen molar-refractivity contribution >= 4 is 43.9 Å². The molecule has 2 aliphatic heterocycles. The molecule has 2 aliphatic rings. The number of amides is 2. The Morgan fingerprint density at radius 2 is 1.45 bits per heavy atom. The van der Waals surface area contributed by atoms with Crippen molar-refractivity contribution in [1.29, 1.82) is 0 Å². The second kappa shape index (κ2) is 7.83. The fraction of sp³-hybridized carbons (Fsp3) is 0.273. The molecule has 0 N–H and O–H groups in total. The van der Waals surface area contributed by atoms with E-state index in [1.54, 1.807) is 29.6 Å². The van der Waals surface area contributed by atoms with E-state index in [2.05, 4.69) is 4.90 Å². The maximum absolute atomic E-state index is 13.0. The van der Waals surface area contributed by atoms with Crippen LogP contribution >= 0.6 is 11.3 Å². The van der Waals surface area contributed by atoms with Gasteiger partial charge in [-0.1, -0.05) is 30.3 Å². The summed E-state index contributed by atoms with van der Waals surface area (Å²) >= 11 is 1.22. The van der Waals surface area contributed by atoms with Crippen LogP contribution < -0.4 is 0 Å². The molecule has 1 fully saturated rings. The van der Waals surface area contributed by atoms with Crippen molar-refractivity contribution in [2.45, 2.75) is 4.21 Å². The van der Waals surface area contributed by atoms with E-state index in [0.717, 1.165) is 10.8 Å². The van der Waals surface area contributed by atoms with E-state index in [-0.39, 0.29) is 18.4 Å². The average Bonchev–Trinajstić information content (AvgIpc) is 3.34. The molecular formula is C22H21N3O4S2. The molecule has 1 aromatic heterocycles. The zero-order valence-corrected chi connectivity index (χ0v) is 18.4. The van der Waals surface area contributed by atoms with E-state index in [1.165, 1.54) is 20.5 Å². The van der Waals surface area contributed by atoms with Crippen LogP contribution in [0.5, 0.6) is 0 Å². The number of carbonyl (C=O) groups excluding carboxylic acids is 2. The monoisotopic (exact) mass is 455 g/mol. The summed E-state index contributed by atoms with van der Waals surface area (Å²) < 4.78 is 27.2. The second-order valence-electron chi connectivity index (χ2n) is 7.65. The summed E-state index contributed by atoms with van der Waals surface area (Å²) in [6, 6.07) is 14.4. The van der Waals surface area contributed by atoms with Crippen LogP contribution in [-0.4, -0.2) is 73.6 Å². The molecule has 0 saturated carbocycles. The number of rotatable bonds is 5. The van der Waals surface area contributed by atoms with Crippen LogP contribution in [0, 0.1) is 0 Å². The van der Waals surface area contributed by atoms with Crippen molar-refractivity contribution in [3.8, 4) is 0 Å². The molecule has 1 saturated heterocycles.